The lowest BCUT2D eigenvalue weighted by Gasteiger charge is -2.40. The van der Waals surface area contributed by atoms with Gasteiger partial charge >= 0.3 is 18.2 Å². The van der Waals surface area contributed by atoms with Gasteiger partial charge in [-0.1, -0.05) is 6.92 Å². The van der Waals surface area contributed by atoms with E-state index in [9.17, 15) is 33.1 Å². The molecule has 2 aliphatic heterocycles. The van der Waals surface area contributed by atoms with Gasteiger partial charge in [-0.15, -0.1) is 0 Å². The van der Waals surface area contributed by atoms with Crippen LogP contribution in [0.5, 0.6) is 5.88 Å². The van der Waals surface area contributed by atoms with Gasteiger partial charge < -0.3 is 29.5 Å². The van der Waals surface area contributed by atoms with Gasteiger partial charge in [0.05, 0.1) is 72.2 Å². The van der Waals surface area contributed by atoms with Gasteiger partial charge in [-0.2, -0.15) is 18.4 Å². The molecule has 12 nitrogen and oxygen atoms in total. The maximum Gasteiger partial charge on any atom is 0.416 e. The molecule has 3 aromatic rings. The minimum atomic E-state index is -4.64. The summed E-state index contributed by atoms with van der Waals surface area (Å²) < 4.78 is 57.8. The third-order valence-electron chi connectivity index (χ3n) is 8.84. The summed E-state index contributed by atoms with van der Waals surface area (Å²) in [5, 5.41) is 22.5. The molecule has 0 aliphatic carbocycles. The number of benzene rings is 1. The lowest BCUT2D eigenvalue weighted by molar-refractivity contribution is -0.149. The van der Waals surface area contributed by atoms with Gasteiger partial charge in [0.25, 0.3) is 0 Å². The van der Waals surface area contributed by atoms with Crippen molar-refractivity contribution in [3.05, 3.63) is 70.5 Å². The molecule has 1 amide bonds. The van der Waals surface area contributed by atoms with Crippen molar-refractivity contribution in [1.29, 1.82) is 5.26 Å². The smallest absolute Gasteiger partial charge is 0.416 e. The van der Waals surface area contributed by atoms with Crippen LogP contribution in [0.1, 0.15) is 67.6 Å². The van der Waals surface area contributed by atoms with E-state index in [4.69, 9.17) is 19.2 Å². The zero-order valence-corrected chi connectivity index (χ0v) is 28.2. The van der Waals surface area contributed by atoms with Crippen LogP contribution < -0.4 is 19.9 Å². The number of morpholine rings is 1. The van der Waals surface area contributed by atoms with Crippen LogP contribution in [0.4, 0.5) is 35.2 Å². The molecular formula is C35H39F3N6O6. The Morgan fingerprint density at radius 3 is 2.54 bits per heavy atom. The summed E-state index contributed by atoms with van der Waals surface area (Å²) in [4.78, 5) is 38.1. The SMILES string of the molecule is CC[C@@H]1C[C@H](Nc2ncc(N3CCOCC3)cc2Cc2cc(C#N)cc(C(F)(F)F)c2)c2nc(OC)ccc2N1C(=O)OCC(C)(C)C(=O)O. The number of pyridine rings is 2. The molecule has 1 aromatic carbocycles. The number of alkyl halides is 3. The molecule has 2 aliphatic rings. The maximum absolute atomic E-state index is 13.8. The van der Waals surface area contributed by atoms with Crippen LogP contribution in [-0.4, -0.2) is 73.2 Å². The number of carbonyl (C=O) groups is 2. The number of amides is 1. The molecule has 2 atom stereocenters. The average Bonchev–Trinajstić information content (AvgIpc) is 3.10. The predicted octanol–water partition coefficient (Wildman–Crippen LogP) is 6.19. The first-order valence-corrected chi connectivity index (χ1v) is 16.2. The summed E-state index contributed by atoms with van der Waals surface area (Å²) in [5.74, 6) is -0.425. The van der Waals surface area contributed by atoms with Gasteiger partial charge in [-0.3, -0.25) is 9.69 Å². The van der Waals surface area contributed by atoms with Crippen molar-refractivity contribution in [3.8, 4) is 11.9 Å². The topological polar surface area (TPSA) is 150 Å². The predicted molar refractivity (Wildman–Crippen MR) is 177 cm³/mol. The molecule has 0 unspecified atom stereocenters. The van der Waals surface area contributed by atoms with Crippen molar-refractivity contribution in [2.45, 2.75) is 58.3 Å². The van der Waals surface area contributed by atoms with Crippen LogP contribution in [0.2, 0.25) is 0 Å². The molecule has 0 saturated carbocycles. The van der Waals surface area contributed by atoms with Gasteiger partial charge in [0, 0.05) is 37.2 Å². The first-order valence-electron chi connectivity index (χ1n) is 16.2. The van der Waals surface area contributed by atoms with E-state index in [1.807, 2.05) is 19.1 Å². The van der Waals surface area contributed by atoms with Crippen molar-refractivity contribution in [2.24, 2.45) is 5.41 Å². The number of anilines is 3. The molecule has 4 heterocycles. The number of nitrogens with one attached hydrogen (secondary N) is 1. The summed E-state index contributed by atoms with van der Waals surface area (Å²) in [7, 11) is 1.46. The quantitative estimate of drug-likeness (QED) is 0.250. The van der Waals surface area contributed by atoms with E-state index in [-0.39, 0.29) is 30.0 Å². The summed E-state index contributed by atoms with van der Waals surface area (Å²) in [6.07, 6.45) is -2.78. The summed E-state index contributed by atoms with van der Waals surface area (Å²) in [6.45, 7) is 6.76. The zero-order chi connectivity index (χ0) is 36.2. The highest BCUT2D eigenvalue weighted by atomic mass is 19.4. The van der Waals surface area contributed by atoms with Gasteiger partial charge in [0.2, 0.25) is 5.88 Å². The van der Waals surface area contributed by atoms with Crippen LogP contribution >= 0.6 is 0 Å². The number of carbonyl (C=O) groups excluding carboxylic acids is 1. The molecule has 5 rings (SSSR count). The number of aromatic nitrogens is 2. The normalized spacial score (nSPS) is 17.8. The lowest BCUT2D eigenvalue weighted by atomic mass is 9.93. The summed E-state index contributed by atoms with van der Waals surface area (Å²) in [6, 6.07) is 9.38. The Morgan fingerprint density at radius 2 is 1.90 bits per heavy atom. The van der Waals surface area contributed by atoms with E-state index in [1.54, 1.807) is 18.3 Å². The van der Waals surface area contributed by atoms with Crippen molar-refractivity contribution in [3.63, 3.8) is 0 Å². The molecule has 0 radical (unpaired) electrons. The highest BCUT2D eigenvalue weighted by Crippen LogP contribution is 2.41. The lowest BCUT2D eigenvalue weighted by Crippen LogP contribution is -2.47. The van der Waals surface area contributed by atoms with E-state index in [1.165, 1.54) is 31.9 Å². The van der Waals surface area contributed by atoms with Gasteiger partial charge in [0.15, 0.2) is 0 Å². The fraction of sp³-hybridized carbons (Fsp3) is 0.457. The Hall–Kier alpha value is -5.10. The number of rotatable bonds is 10. The van der Waals surface area contributed by atoms with E-state index < -0.39 is 41.3 Å². The molecule has 50 heavy (non-hydrogen) atoms. The Labute approximate surface area is 287 Å². The third kappa shape index (κ3) is 8.02. The summed E-state index contributed by atoms with van der Waals surface area (Å²) in [5.41, 5.74) is 0.198. The van der Waals surface area contributed by atoms with Crippen molar-refractivity contribution < 1.29 is 42.1 Å². The number of nitrogens with zero attached hydrogens (tertiary/aromatic N) is 5. The van der Waals surface area contributed by atoms with Crippen molar-refractivity contribution in [1.82, 2.24) is 9.97 Å². The fourth-order valence-corrected chi connectivity index (χ4v) is 5.97. The van der Waals surface area contributed by atoms with Crippen LogP contribution in [0.25, 0.3) is 0 Å². The second kappa shape index (κ2) is 14.8. The minimum absolute atomic E-state index is 0.0340. The fourth-order valence-electron chi connectivity index (χ4n) is 5.97. The molecule has 15 heteroatoms. The van der Waals surface area contributed by atoms with Gasteiger partial charge in [-0.05, 0) is 62.6 Å². The molecule has 2 aromatic heterocycles. The highest BCUT2D eigenvalue weighted by Gasteiger charge is 2.39. The number of aliphatic carboxylic acids is 1. The first-order chi connectivity index (χ1) is 23.7. The van der Waals surface area contributed by atoms with E-state index in [2.05, 4.69) is 15.2 Å². The Morgan fingerprint density at radius 1 is 1.16 bits per heavy atom. The highest BCUT2D eigenvalue weighted by molar-refractivity contribution is 5.90. The number of hydrogen-bond donors (Lipinski definition) is 2. The van der Waals surface area contributed by atoms with E-state index in [0.717, 1.165) is 17.8 Å². The molecule has 0 spiro atoms. The van der Waals surface area contributed by atoms with E-state index >= 15 is 0 Å². The van der Waals surface area contributed by atoms with Crippen LogP contribution in [0.15, 0.2) is 42.6 Å². The maximum atomic E-state index is 13.8. The van der Waals surface area contributed by atoms with Crippen LogP contribution in [0.3, 0.4) is 0 Å². The first kappa shape index (κ1) is 36.2. The standard InChI is InChI=1S/C35H39F3N6O6/c1-5-25-17-27(30-28(6-7-29(42-30)48-4)44(25)33(47)50-20-34(2,3)32(45)46)41-31-23(16-26(19-40-31)43-8-10-49-11-9-43)13-21-12-22(18-39)15-24(14-21)35(36,37)38/h6-7,12,14-16,19,25,27H,5,8-11,13,17,20H2,1-4H3,(H,40,41)(H,45,46)/t25-,27+/m1/s1. The van der Waals surface area contributed by atoms with Crippen LogP contribution in [-0.2, 0) is 26.9 Å². The average molecular weight is 697 g/mol. The number of carboxylic acids is 1. The third-order valence-corrected chi connectivity index (χ3v) is 8.84. The summed E-state index contributed by atoms with van der Waals surface area (Å²) >= 11 is 0. The number of nitriles is 1. The molecule has 0 bridgehead atoms. The van der Waals surface area contributed by atoms with Crippen molar-refractivity contribution in [2.75, 3.05) is 55.1 Å². The monoisotopic (exact) mass is 696 g/mol. The van der Waals surface area contributed by atoms with E-state index in [0.29, 0.717) is 61.9 Å². The zero-order valence-electron chi connectivity index (χ0n) is 28.2. The second-order valence-corrected chi connectivity index (χ2v) is 12.9. The second-order valence-electron chi connectivity index (χ2n) is 12.9. The minimum Gasteiger partial charge on any atom is -0.481 e. The van der Waals surface area contributed by atoms with Crippen molar-refractivity contribution >= 4 is 29.3 Å². The largest absolute Gasteiger partial charge is 0.481 e. The molecule has 266 valence electrons. The number of methoxy groups -OCH3 is 1. The Bertz CT molecular complexity index is 1770. The Kier molecular flexibility index (Phi) is 10.7. The molecular weight excluding hydrogens is 657 g/mol. The number of fused-ring (bicyclic) bond motifs is 1. The van der Waals surface area contributed by atoms with Crippen LogP contribution in [0, 0.1) is 16.7 Å². The Balaban J connectivity index is 1.54. The molecule has 1 saturated heterocycles. The number of ether oxygens (including phenoxy) is 3. The number of halogens is 3. The number of carboxylic acid groups (broad SMARTS) is 1. The number of hydrogen-bond acceptors (Lipinski definition) is 10. The van der Waals surface area contributed by atoms with Gasteiger partial charge in [-0.25, -0.2) is 14.8 Å². The van der Waals surface area contributed by atoms with Gasteiger partial charge in [0.1, 0.15) is 12.4 Å². The molecule has 2 N–H and O–H groups in total. The molecule has 1 fully saturated rings.